The number of hydrogen-bond donors (Lipinski definition) is 2. The monoisotopic (exact) mass is 250 g/mol. The summed E-state index contributed by atoms with van der Waals surface area (Å²) < 4.78 is 0. The second kappa shape index (κ2) is 6.76. The zero-order chi connectivity index (χ0) is 13.5. The molecule has 2 N–H and O–H groups in total. The molecule has 0 radical (unpaired) electrons. The van der Waals surface area contributed by atoms with Gasteiger partial charge in [-0.1, -0.05) is 30.3 Å². The van der Waals surface area contributed by atoms with Gasteiger partial charge in [-0.2, -0.15) is 0 Å². The van der Waals surface area contributed by atoms with Gasteiger partial charge in [0.05, 0.1) is 6.04 Å². The fourth-order valence-corrected chi connectivity index (χ4v) is 1.68. The molecule has 0 bridgehead atoms. The van der Waals surface area contributed by atoms with Crippen molar-refractivity contribution in [1.82, 2.24) is 10.2 Å². The average molecular weight is 250 g/mol. The molecule has 0 saturated carbocycles. The van der Waals surface area contributed by atoms with Gasteiger partial charge in [0.2, 0.25) is 5.91 Å². The number of carbonyl (C=O) groups is 2. The number of rotatable bonds is 6. The molecule has 98 valence electrons. The van der Waals surface area contributed by atoms with Crippen LogP contribution in [-0.4, -0.2) is 42.5 Å². The number of nitrogens with zero attached hydrogens (tertiary/aromatic N) is 1. The highest BCUT2D eigenvalue weighted by molar-refractivity contribution is 5.93. The minimum Gasteiger partial charge on any atom is -0.481 e. The number of nitrogens with one attached hydrogen (secondary N) is 1. The van der Waals surface area contributed by atoms with E-state index in [2.05, 4.69) is 5.32 Å². The lowest BCUT2D eigenvalue weighted by atomic mass is 10.1. The molecule has 0 aliphatic heterocycles. The van der Waals surface area contributed by atoms with Crippen molar-refractivity contribution < 1.29 is 14.7 Å². The molecular weight excluding hydrogens is 232 g/mol. The quantitative estimate of drug-likeness (QED) is 0.735. The third kappa shape index (κ3) is 4.55. The Morgan fingerprint density at radius 2 is 1.89 bits per heavy atom. The topological polar surface area (TPSA) is 69.6 Å². The Labute approximate surface area is 106 Å². The number of carboxylic acid groups (broad SMARTS) is 1. The fraction of sp³-hybridized carbons (Fsp3) is 0.385. The Kier molecular flexibility index (Phi) is 5.32. The zero-order valence-corrected chi connectivity index (χ0v) is 10.6. The molecule has 1 amide bonds. The van der Waals surface area contributed by atoms with Gasteiger partial charge < -0.3 is 15.3 Å². The van der Waals surface area contributed by atoms with Gasteiger partial charge in [-0.25, -0.2) is 0 Å². The third-order valence-electron chi connectivity index (χ3n) is 2.61. The molecule has 0 spiro atoms. The van der Waals surface area contributed by atoms with Crippen LogP contribution in [0.2, 0.25) is 0 Å². The zero-order valence-electron chi connectivity index (χ0n) is 10.6. The number of carboxylic acids is 1. The maximum absolute atomic E-state index is 11.3. The Bertz CT molecular complexity index is 404. The van der Waals surface area contributed by atoms with Crippen LogP contribution in [0, 0.1) is 0 Å². The number of amides is 1. The first kappa shape index (κ1) is 14.2. The van der Waals surface area contributed by atoms with Crippen LogP contribution in [0.3, 0.4) is 0 Å². The van der Waals surface area contributed by atoms with Gasteiger partial charge in [0.15, 0.2) is 0 Å². The van der Waals surface area contributed by atoms with Gasteiger partial charge in [0.1, 0.15) is 6.42 Å². The van der Waals surface area contributed by atoms with E-state index in [1.54, 1.807) is 0 Å². The summed E-state index contributed by atoms with van der Waals surface area (Å²) in [4.78, 5) is 23.7. The van der Waals surface area contributed by atoms with E-state index in [0.29, 0.717) is 6.54 Å². The fourth-order valence-electron chi connectivity index (χ4n) is 1.68. The molecule has 1 atom stereocenters. The third-order valence-corrected chi connectivity index (χ3v) is 2.61. The first-order valence-corrected chi connectivity index (χ1v) is 5.70. The highest BCUT2D eigenvalue weighted by atomic mass is 16.4. The van der Waals surface area contributed by atoms with E-state index >= 15 is 0 Å². The Balaban J connectivity index is 2.60. The van der Waals surface area contributed by atoms with Crippen molar-refractivity contribution in [3.63, 3.8) is 0 Å². The number of benzene rings is 1. The summed E-state index contributed by atoms with van der Waals surface area (Å²) in [6.07, 6.45) is -0.491. The molecule has 0 aromatic heterocycles. The van der Waals surface area contributed by atoms with Crippen molar-refractivity contribution in [1.29, 1.82) is 0 Å². The van der Waals surface area contributed by atoms with E-state index in [4.69, 9.17) is 5.11 Å². The minimum atomic E-state index is -1.12. The van der Waals surface area contributed by atoms with E-state index in [-0.39, 0.29) is 6.04 Å². The van der Waals surface area contributed by atoms with Gasteiger partial charge >= 0.3 is 5.97 Å². The maximum Gasteiger partial charge on any atom is 0.312 e. The lowest BCUT2D eigenvalue weighted by Gasteiger charge is -2.25. The van der Waals surface area contributed by atoms with Crippen molar-refractivity contribution in [2.24, 2.45) is 0 Å². The predicted molar refractivity (Wildman–Crippen MR) is 68.1 cm³/mol. The molecular formula is C13H18N2O3. The molecule has 1 rings (SSSR count). The summed E-state index contributed by atoms with van der Waals surface area (Å²) >= 11 is 0. The second-order valence-corrected chi connectivity index (χ2v) is 4.26. The highest BCUT2D eigenvalue weighted by Crippen LogP contribution is 2.16. The Morgan fingerprint density at radius 3 is 2.39 bits per heavy atom. The van der Waals surface area contributed by atoms with Crippen LogP contribution in [0.15, 0.2) is 30.3 Å². The minimum absolute atomic E-state index is 0.0314. The largest absolute Gasteiger partial charge is 0.481 e. The van der Waals surface area contributed by atoms with Gasteiger partial charge in [-0.3, -0.25) is 9.59 Å². The summed E-state index contributed by atoms with van der Waals surface area (Å²) in [5.74, 6) is -1.58. The van der Waals surface area contributed by atoms with Crippen molar-refractivity contribution in [3.05, 3.63) is 35.9 Å². The summed E-state index contributed by atoms with van der Waals surface area (Å²) in [6.45, 7) is 0.392. The molecule has 0 heterocycles. The van der Waals surface area contributed by atoms with Crippen LogP contribution < -0.4 is 5.32 Å². The molecule has 0 saturated heterocycles. The van der Waals surface area contributed by atoms with Crippen molar-refractivity contribution in [3.8, 4) is 0 Å². The van der Waals surface area contributed by atoms with Gasteiger partial charge in [0.25, 0.3) is 0 Å². The van der Waals surface area contributed by atoms with Crippen LogP contribution in [0.5, 0.6) is 0 Å². The van der Waals surface area contributed by atoms with Gasteiger partial charge in [-0.05, 0) is 19.7 Å². The SMILES string of the molecule is CN(C)C(CNC(=O)CC(=O)O)c1ccccc1. The standard InChI is InChI=1S/C13H18N2O3/c1-15(2)11(10-6-4-3-5-7-10)9-14-12(16)8-13(17)18/h3-7,11H,8-9H2,1-2H3,(H,14,16)(H,17,18). The molecule has 0 fully saturated rings. The average Bonchev–Trinajstić information content (AvgIpc) is 2.29. The molecule has 1 aromatic carbocycles. The van der Waals surface area contributed by atoms with Crippen LogP contribution in [0.1, 0.15) is 18.0 Å². The highest BCUT2D eigenvalue weighted by Gasteiger charge is 2.15. The molecule has 5 heteroatoms. The number of hydrogen-bond acceptors (Lipinski definition) is 3. The molecule has 0 aliphatic rings. The van der Waals surface area contributed by atoms with E-state index in [9.17, 15) is 9.59 Å². The smallest absolute Gasteiger partial charge is 0.312 e. The normalized spacial score (nSPS) is 12.2. The molecule has 0 aliphatic carbocycles. The van der Waals surface area contributed by atoms with Crippen LogP contribution in [0.4, 0.5) is 0 Å². The summed E-state index contributed by atoms with van der Waals surface area (Å²) in [7, 11) is 3.84. The number of carbonyl (C=O) groups excluding carboxylic acids is 1. The molecule has 1 aromatic rings. The van der Waals surface area contributed by atoms with Crippen LogP contribution in [-0.2, 0) is 9.59 Å². The first-order valence-electron chi connectivity index (χ1n) is 5.70. The lowest BCUT2D eigenvalue weighted by molar-refractivity contribution is -0.140. The van der Waals surface area contributed by atoms with E-state index < -0.39 is 18.3 Å². The first-order chi connectivity index (χ1) is 8.50. The summed E-state index contributed by atoms with van der Waals surface area (Å²) in [6, 6.07) is 9.79. The van der Waals surface area contributed by atoms with E-state index in [1.807, 2.05) is 49.3 Å². The maximum atomic E-state index is 11.3. The van der Waals surface area contributed by atoms with Crippen LogP contribution >= 0.6 is 0 Å². The van der Waals surface area contributed by atoms with Crippen molar-refractivity contribution in [2.75, 3.05) is 20.6 Å². The van der Waals surface area contributed by atoms with E-state index in [0.717, 1.165) is 5.56 Å². The second-order valence-electron chi connectivity index (χ2n) is 4.26. The molecule has 18 heavy (non-hydrogen) atoms. The molecule has 1 unspecified atom stereocenters. The van der Waals surface area contributed by atoms with E-state index in [1.165, 1.54) is 0 Å². The lowest BCUT2D eigenvalue weighted by Crippen LogP contribution is -2.35. The van der Waals surface area contributed by atoms with Crippen LogP contribution in [0.25, 0.3) is 0 Å². The molecule has 5 nitrogen and oxygen atoms in total. The van der Waals surface area contributed by atoms with Crippen molar-refractivity contribution >= 4 is 11.9 Å². The van der Waals surface area contributed by atoms with Crippen molar-refractivity contribution in [2.45, 2.75) is 12.5 Å². The summed E-state index contributed by atoms with van der Waals surface area (Å²) in [5.41, 5.74) is 1.08. The Hall–Kier alpha value is -1.88. The number of likely N-dealkylation sites (N-methyl/N-ethyl adjacent to an activating group) is 1. The Morgan fingerprint density at radius 1 is 1.28 bits per heavy atom. The number of aliphatic carboxylic acids is 1. The predicted octanol–water partition coefficient (Wildman–Crippen LogP) is 0.880. The van der Waals surface area contributed by atoms with Gasteiger partial charge in [-0.15, -0.1) is 0 Å². The van der Waals surface area contributed by atoms with Gasteiger partial charge in [0, 0.05) is 6.54 Å². The summed E-state index contributed by atoms with van der Waals surface area (Å²) in [5, 5.41) is 11.1.